The minimum absolute atomic E-state index is 0.161. The normalized spacial score (nSPS) is 16.8. The highest BCUT2D eigenvalue weighted by atomic mass is 32.2. The highest BCUT2D eigenvalue weighted by Crippen LogP contribution is 2.35. The van der Waals surface area contributed by atoms with Gasteiger partial charge in [-0.05, 0) is 47.7 Å². The van der Waals surface area contributed by atoms with E-state index in [1.54, 1.807) is 30.6 Å². The number of carbonyl (C=O) groups is 1. The summed E-state index contributed by atoms with van der Waals surface area (Å²) in [4.78, 5) is 15.2. The van der Waals surface area contributed by atoms with E-state index < -0.39 is 0 Å². The van der Waals surface area contributed by atoms with Gasteiger partial charge in [0.2, 0.25) is 0 Å². The van der Waals surface area contributed by atoms with Crippen LogP contribution in [0.4, 0.5) is 0 Å². The van der Waals surface area contributed by atoms with E-state index >= 15 is 0 Å². The summed E-state index contributed by atoms with van der Waals surface area (Å²) in [6, 6.07) is 21.1. The Balaban J connectivity index is 1.57. The van der Waals surface area contributed by atoms with Gasteiger partial charge in [-0.1, -0.05) is 54.6 Å². The molecular formula is C25H21N3O3S. The third-order valence-electron chi connectivity index (χ3n) is 4.59. The van der Waals surface area contributed by atoms with Crippen molar-refractivity contribution >= 4 is 41.2 Å². The molecule has 2 heterocycles. The van der Waals surface area contributed by atoms with Crippen LogP contribution < -0.4 is 4.74 Å². The van der Waals surface area contributed by atoms with Gasteiger partial charge in [0.1, 0.15) is 11.5 Å². The maximum Gasteiger partial charge on any atom is 0.267 e. The van der Waals surface area contributed by atoms with Crippen molar-refractivity contribution in [3.05, 3.63) is 101 Å². The van der Waals surface area contributed by atoms with Crippen LogP contribution in [0.25, 0.3) is 12.2 Å². The monoisotopic (exact) mass is 443 g/mol. The molecule has 0 bridgehead atoms. The van der Waals surface area contributed by atoms with Crippen molar-refractivity contribution in [2.45, 2.75) is 6.54 Å². The van der Waals surface area contributed by atoms with Crippen molar-refractivity contribution in [1.29, 1.82) is 0 Å². The molecule has 4 rings (SSSR count). The lowest BCUT2D eigenvalue weighted by Gasteiger charge is -2.12. The minimum atomic E-state index is -0.161. The molecule has 0 spiro atoms. The number of benzene rings is 2. The second-order valence-corrected chi connectivity index (χ2v) is 7.75. The first-order valence-corrected chi connectivity index (χ1v) is 10.8. The Morgan fingerprint density at radius 1 is 1.06 bits per heavy atom. The summed E-state index contributed by atoms with van der Waals surface area (Å²) in [6.45, 7) is 0.274. The number of allylic oxidation sites excluding steroid dienone is 1. The molecule has 32 heavy (non-hydrogen) atoms. The first kappa shape index (κ1) is 21.4. The minimum Gasteiger partial charge on any atom is -0.496 e. The van der Waals surface area contributed by atoms with Gasteiger partial charge in [-0.2, -0.15) is 5.10 Å². The summed E-state index contributed by atoms with van der Waals surface area (Å²) in [5.74, 6) is 1.20. The molecule has 1 amide bonds. The number of para-hydroxylation sites is 1. The van der Waals surface area contributed by atoms with Crippen LogP contribution in [0, 0.1) is 0 Å². The Morgan fingerprint density at radius 2 is 1.88 bits per heavy atom. The molecule has 0 aliphatic carbocycles. The van der Waals surface area contributed by atoms with Gasteiger partial charge in [-0.25, -0.2) is 0 Å². The van der Waals surface area contributed by atoms with Crippen molar-refractivity contribution in [3.8, 4) is 5.75 Å². The van der Waals surface area contributed by atoms with Crippen LogP contribution in [0.5, 0.6) is 5.75 Å². The Labute approximate surface area is 190 Å². The number of thioether (sulfide) groups is 1. The number of amidine groups is 1. The average molecular weight is 444 g/mol. The number of nitrogens with zero attached hydrogens (tertiary/aromatic N) is 3. The number of furan rings is 1. The molecule has 1 fully saturated rings. The predicted octanol–water partition coefficient (Wildman–Crippen LogP) is 5.46. The van der Waals surface area contributed by atoms with Gasteiger partial charge >= 0.3 is 0 Å². The molecule has 1 aliphatic rings. The van der Waals surface area contributed by atoms with Crippen molar-refractivity contribution in [3.63, 3.8) is 0 Å². The first-order chi connectivity index (χ1) is 15.7. The van der Waals surface area contributed by atoms with Crippen LogP contribution in [0.2, 0.25) is 0 Å². The summed E-state index contributed by atoms with van der Waals surface area (Å²) in [5.41, 5.74) is 1.89. The first-order valence-electron chi connectivity index (χ1n) is 9.94. The summed E-state index contributed by atoms with van der Waals surface area (Å²) in [7, 11) is 1.61. The topological polar surface area (TPSA) is 67.4 Å². The van der Waals surface area contributed by atoms with Gasteiger partial charge in [-0.3, -0.25) is 9.69 Å². The van der Waals surface area contributed by atoms with E-state index in [4.69, 9.17) is 9.15 Å². The number of ether oxygens (including phenoxy) is 1. The molecule has 2 aromatic carbocycles. The van der Waals surface area contributed by atoms with Gasteiger partial charge in [0.15, 0.2) is 5.17 Å². The van der Waals surface area contributed by atoms with Crippen molar-refractivity contribution in [2.24, 2.45) is 10.2 Å². The number of methoxy groups -OCH3 is 1. The fraction of sp³-hybridized carbons (Fsp3) is 0.0800. The number of amides is 1. The third kappa shape index (κ3) is 5.25. The lowest BCUT2D eigenvalue weighted by atomic mass is 10.2. The maximum absolute atomic E-state index is 13.1. The quantitative estimate of drug-likeness (QED) is 0.276. The lowest BCUT2D eigenvalue weighted by Crippen LogP contribution is -2.28. The zero-order valence-electron chi connectivity index (χ0n) is 17.4. The molecule has 0 atom stereocenters. The van der Waals surface area contributed by atoms with Crippen LogP contribution in [-0.2, 0) is 11.3 Å². The second kappa shape index (κ2) is 10.5. The number of hydrogen-bond acceptors (Lipinski definition) is 6. The van der Waals surface area contributed by atoms with E-state index in [9.17, 15) is 4.79 Å². The fourth-order valence-electron chi connectivity index (χ4n) is 3.05. The van der Waals surface area contributed by atoms with E-state index in [0.717, 1.165) is 11.1 Å². The summed E-state index contributed by atoms with van der Waals surface area (Å²) in [6.07, 6.45) is 8.73. The smallest absolute Gasteiger partial charge is 0.267 e. The van der Waals surface area contributed by atoms with E-state index in [2.05, 4.69) is 10.2 Å². The molecule has 7 heteroatoms. The molecule has 1 saturated heterocycles. The standard InChI is InChI=1S/C25H21N3O3S/c1-30-22-14-6-5-12-20(22)17-23-24(29)28(18-21-13-8-16-31-21)25(32-23)27-26-15-7-11-19-9-3-2-4-10-19/h2-17H,18H2,1H3/b11-7+,23-17-,26-15-,27-25+. The third-order valence-corrected chi connectivity index (χ3v) is 5.59. The van der Waals surface area contributed by atoms with Crippen LogP contribution >= 0.6 is 11.8 Å². The number of rotatable bonds is 7. The molecule has 0 radical (unpaired) electrons. The van der Waals surface area contributed by atoms with Gasteiger partial charge in [0.25, 0.3) is 5.91 Å². The Kier molecular flexibility index (Phi) is 6.99. The summed E-state index contributed by atoms with van der Waals surface area (Å²) in [5, 5.41) is 8.91. The van der Waals surface area contributed by atoms with Gasteiger partial charge in [-0.15, -0.1) is 5.10 Å². The Bertz CT molecular complexity index is 1180. The fourth-order valence-corrected chi connectivity index (χ4v) is 3.97. The molecule has 6 nitrogen and oxygen atoms in total. The van der Waals surface area contributed by atoms with E-state index in [1.807, 2.05) is 78.9 Å². The van der Waals surface area contributed by atoms with Gasteiger partial charge in [0, 0.05) is 11.8 Å². The highest BCUT2D eigenvalue weighted by molar-refractivity contribution is 8.18. The average Bonchev–Trinajstić information content (AvgIpc) is 3.44. The van der Waals surface area contributed by atoms with Crippen molar-refractivity contribution < 1.29 is 13.9 Å². The molecule has 3 aromatic rings. The largest absolute Gasteiger partial charge is 0.496 e. The van der Waals surface area contributed by atoms with E-state index in [-0.39, 0.29) is 12.5 Å². The Hall–Kier alpha value is -3.84. The van der Waals surface area contributed by atoms with Crippen LogP contribution in [0.1, 0.15) is 16.9 Å². The molecule has 160 valence electrons. The van der Waals surface area contributed by atoms with Crippen LogP contribution in [0.3, 0.4) is 0 Å². The molecule has 0 unspecified atom stereocenters. The summed E-state index contributed by atoms with van der Waals surface area (Å²) >= 11 is 1.27. The van der Waals surface area contributed by atoms with Crippen LogP contribution in [0.15, 0.2) is 98.6 Å². The lowest BCUT2D eigenvalue weighted by molar-refractivity contribution is -0.122. The summed E-state index contributed by atoms with van der Waals surface area (Å²) < 4.78 is 10.8. The molecule has 0 saturated carbocycles. The predicted molar refractivity (Wildman–Crippen MR) is 129 cm³/mol. The number of hydrogen-bond donors (Lipinski definition) is 0. The molecular weight excluding hydrogens is 422 g/mol. The zero-order valence-corrected chi connectivity index (χ0v) is 18.2. The Morgan fingerprint density at radius 3 is 2.66 bits per heavy atom. The van der Waals surface area contributed by atoms with E-state index in [0.29, 0.717) is 21.6 Å². The maximum atomic E-state index is 13.1. The van der Waals surface area contributed by atoms with Crippen molar-refractivity contribution in [1.82, 2.24) is 4.90 Å². The highest BCUT2D eigenvalue weighted by Gasteiger charge is 2.34. The molecule has 1 aliphatic heterocycles. The zero-order chi connectivity index (χ0) is 22.2. The van der Waals surface area contributed by atoms with Crippen LogP contribution in [-0.4, -0.2) is 29.3 Å². The molecule has 0 N–H and O–H groups in total. The second-order valence-electron chi connectivity index (χ2n) is 6.74. The van der Waals surface area contributed by atoms with Gasteiger partial charge < -0.3 is 9.15 Å². The number of carbonyl (C=O) groups excluding carboxylic acids is 1. The van der Waals surface area contributed by atoms with E-state index in [1.165, 1.54) is 11.8 Å². The molecule has 1 aromatic heterocycles. The van der Waals surface area contributed by atoms with Gasteiger partial charge in [0.05, 0.1) is 24.8 Å². The SMILES string of the molecule is COc1ccccc1/C=C1\S/C(=N/N=C\C=C\c2ccccc2)N(Cc2ccco2)C1=O. The van der Waals surface area contributed by atoms with Crippen molar-refractivity contribution in [2.75, 3.05) is 7.11 Å².